The van der Waals surface area contributed by atoms with Crippen molar-refractivity contribution in [2.24, 2.45) is 5.73 Å². The van der Waals surface area contributed by atoms with E-state index in [1.165, 1.54) is 11.3 Å². The van der Waals surface area contributed by atoms with Crippen molar-refractivity contribution in [3.05, 3.63) is 29.8 Å². The first kappa shape index (κ1) is 12.9. The monoisotopic (exact) mass is 247 g/mol. The van der Waals surface area contributed by atoms with Crippen LogP contribution in [0, 0.1) is 6.92 Å². The molecule has 1 fully saturated rings. The summed E-state index contributed by atoms with van der Waals surface area (Å²) in [6, 6.07) is 8.08. The molecular weight excluding hydrogens is 226 g/mol. The van der Waals surface area contributed by atoms with Gasteiger partial charge in [-0.1, -0.05) is 12.1 Å². The van der Waals surface area contributed by atoms with Gasteiger partial charge in [-0.15, -0.1) is 0 Å². The van der Waals surface area contributed by atoms with E-state index in [-0.39, 0.29) is 5.91 Å². The van der Waals surface area contributed by atoms with E-state index in [1.54, 1.807) is 6.92 Å². The van der Waals surface area contributed by atoms with E-state index >= 15 is 0 Å². The summed E-state index contributed by atoms with van der Waals surface area (Å²) in [6.07, 6.45) is 0. The lowest BCUT2D eigenvalue weighted by Gasteiger charge is -2.36. The number of carbonyl (C=O) groups is 1. The van der Waals surface area contributed by atoms with Crippen molar-refractivity contribution in [3.63, 3.8) is 0 Å². The van der Waals surface area contributed by atoms with Crippen molar-refractivity contribution >= 4 is 11.6 Å². The number of carbonyl (C=O) groups excluding carboxylic acids is 1. The summed E-state index contributed by atoms with van der Waals surface area (Å²) in [4.78, 5) is 16.0. The number of hydrogen-bond acceptors (Lipinski definition) is 3. The maximum atomic E-state index is 11.8. The standard InChI is InChI=1S/C14H21N3O/c1-11-4-3-5-13(10-11)16-6-8-17(9-7-16)14(18)12(2)15/h3-5,10,12H,6-9,15H2,1-2H3. The highest BCUT2D eigenvalue weighted by Crippen LogP contribution is 2.17. The van der Waals surface area contributed by atoms with Gasteiger partial charge in [-0.25, -0.2) is 0 Å². The topological polar surface area (TPSA) is 49.6 Å². The second-order valence-corrected chi connectivity index (χ2v) is 4.94. The quantitative estimate of drug-likeness (QED) is 0.848. The molecule has 1 aliphatic heterocycles. The Bertz CT molecular complexity index is 423. The number of rotatable bonds is 2. The molecular formula is C14H21N3O. The minimum atomic E-state index is -0.393. The SMILES string of the molecule is Cc1cccc(N2CCN(C(=O)C(C)N)CC2)c1. The summed E-state index contributed by atoms with van der Waals surface area (Å²) < 4.78 is 0. The Morgan fingerprint density at radius 1 is 1.28 bits per heavy atom. The normalized spacial score (nSPS) is 17.7. The van der Waals surface area contributed by atoms with Crippen LogP contribution in [0.3, 0.4) is 0 Å². The van der Waals surface area contributed by atoms with Crippen molar-refractivity contribution in [3.8, 4) is 0 Å². The third-order valence-electron chi connectivity index (χ3n) is 3.35. The first-order chi connectivity index (χ1) is 8.58. The lowest BCUT2D eigenvalue weighted by molar-refractivity contribution is -0.132. The van der Waals surface area contributed by atoms with Crippen LogP contribution in [-0.2, 0) is 4.79 Å². The zero-order valence-electron chi connectivity index (χ0n) is 11.1. The summed E-state index contributed by atoms with van der Waals surface area (Å²) in [5.74, 6) is 0.0545. The number of anilines is 1. The molecule has 1 amide bonds. The van der Waals surface area contributed by atoms with Gasteiger partial charge in [0.25, 0.3) is 0 Å². The molecule has 1 aromatic rings. The van der Waals surface area contributed by atoms with E-state index < -0.39 is 6.04 Å². The predicted molar refractivity (Wildman–Crippen MR) is 73.6 cm³/mol. The third kappa shape index (κ3) is 2.82. The van der Waals surface area contributed by atoms with Crippen LogP contribution in [0.15, 0.2) is 24.3 Å². The molecule has 0 aromatic heterocycles. The number of nitrogens with zero attached hydrogens (tertiary/aromatic N) is 2. The van der Waals surface area contributed by atoms with Crippen LogP contribution in [0.2, 0.25) is 0 Å². The Labute approximate surface area is 108 Å². The van der Waals surface area contributed by atoms with E-state index in [0.717, 1.165) is 26.2 Å². The summed E-state index contributed by atoms with van der Waals surface area (Å²) in [5, 5.41) is 0. The number of nitrogens with two attached hydrogens (primary N) is 1. The van der Waals surface area contributed by atoms with Gasteiger partial charge >= 0.3 is 0 Å². The first-order valence-corrected chi connectivity index (χ1v) is 6.44. The molecule has 1 atom stereocenters. The fraction of sp³-hybridized carbons (Fsp3) is 0.500. The van der Waals surface area contributed by atoms with Crippen molar-refractivity contribution in [2.75, 3.05) is 31.1 Å². The van der Waals surface area contributed by atoms with Crippen LogP contribution in [-0.4, -0.2) is 43.0 Å². The van der Waals surface area contributed by atoms with Gasteiger partial charge in [-0.05, 0) is 31.5 Å². The molecule has 0 spiro atoms. The van der Waals surface area contributed by atoms with Gasteiger partial charge in [-0.2, -0.15) is 0 Å². The van der Waals surface area contributed by atoms with E-state index in [1.807, 2.05) is 4.90 Å². The molecule has 98 valence electrons. The molecule has 4 nitrogen and oxygen atoms in total. The highest BCUT2D eigenvalue weighted by Gasteiger charge is 2.23. The maximum absolute atomic E-state index is 11.8. The molecule has 1 unspecified atom stereocenters. The summed E-state index contributed by atoms with van der Waals surface area (Å²) in [7, 11) is 0. The van der Waals surface area contributed by atoms with Gasteiger partial charge in [-0.3, -0.25) is 4.79 Å². The van der Waals surface area contributed by atoms with Crippen LogP contribution < -0.4 is 10.6 Å². The number of benzene rings is 1. The molecule has 0 aliphatic carbocycles. The Morgan fingerprint density at radius 3 is 2.50 bits per heavy atom. The Morgan fingerprint density at radius 2 is 1.94 bits per heavy atom. The molecule has 1 aromatic carbocycles. The number of hydrogen-bond donors (Lipinski definition) is 1. The van der Waals surface area contributed by atoms with Gasteiger partial charge in [0.2, 0.25) is 5.91 Å². The largest absolute Gasteiger partial charge is 0.368 e. The Balaban J connectivity index is 1.96. The van der Waals surface area contributed by atoms with Gasteiger partial charge in [0, 0.05) is 31.9 Å². The molecule has 18 heavy (non-hydrogen) atoms. The molecule has 0 bridgehead atoms. The van der Waals surface area contributed by atoms with Crippen LogP contribution in [0.4, 0.5) is 5.69 Å². The van der Waals surface area contributed by atoms with Crippen LogP contribution in [0.1, 0.15) is 12.5 Å². The lowest BCUT2D eigenvalue weighted by Crippen LogP contribution is -2.52. The maximum Gasteiger partial charge on any atom is 0.239 e. The second kappa shape index (κ2) is 5.40. The van der Waals surface area contributed by atoms with E-state index in [4.69, 9.17) is 5.73 Å². The van der Waals surface area contributed by atoms with Crippen molar-refractivity contribution in [2.45, 2.75) is 19.9 Å². The van der Waals surface area contributed by atoms with Crippen LogP contribution in [0.5, 0.6) is 0 Å². The first-order valence-electron chi connectivity index (χ1n) is 6.44. The summed E-state index contributed by atoms with van der Waals surface area (Å²) >= 11 is 0. The van der Waals surface area contributed by atoms with E-state index in [9.17, 15) is 4.79 Å². The minimum Gasteiger partial charge on any atom is -0.368 e. The Hall–Kier alpha value is -1.55. The van der Waals surface area contributed by atoms with Gasteiger partial charge < -0.3 is 15.5 Å². The predicted octanol–water partition coefficient (Wildman–Crippen LogP) is 0.991. The van der Waals surface area contributed by atoms with Crippen molar-refractivity contribution < 1.29 is 4.79 Å². The van der Waals surface area contributed by atoms with Gasteiger partial charge in [0.15, 0.2) is 0 Å². The number of aryl methyl sites for hydroxylation is 1. The lowest BCUT2D eigenvalue weighted by atomic mass is 10.2. The summed E-state index contributed by atoms with van der Waals surface area (Å²) in [6.45, 7) is 7.11. The number of amides is 1. The van der Waals surface area contributed by atoms with Gasteiger partial charge in [0.05, 0.1) is 6.04 Å². The molecule has 1 saturated heterocycles. The molecule has 4 heteroatoms. The van der Waals surface area contributed by atoms with Crippen LogP contribution in [0.25, 0.3) is 0 Å². The summed E-state index contributed by atoms with van der Waals surface area (Å²) in [5.41, 5.74) is 8.13. The van der Waals surface area contributed by atoms with E-state index in [2.05, 4.69) is 36.1 Å². The zero-order valence-corrected chi connectivity index (χ0v) is 11.1. The fourth-order valence-corrected chi connectivity index (χ4v) is 2.30. The van der Waals surface area contributed by atoms with Crippen molar-refractivity contribution in [1.29, 1.82) is 0 Å². The molecule has 1 heterocycles. The smallest absolute Gasteiger partial charge is 0.239 e. The average molecular weight is 247 g/mol. The fourth-order valence-electron chi connectivity index (χ4n) is 2.30. The molecule has 0 radical (unpaired) electrons. The Kier molecular flexibility index (Phi) is 3.87. The number of piperazine rings is 1. The second-order valence-electron chi connectivity index (χ2n) is 4.94. The van der Waals surface area contributed by atoms with Crippen LogP contribution >= 0.6 is 0 Å². The van der Waals surface area contributed by atoms with Crippen molar-refractivity contribution in [1.82, 2.24) is 4.90 Å². The van der Waals surface area contributed by atoms with Gasteiger partial charge in [0.1, 0.15) is 0 Å². The third-order valence-corrected chi connectivity index (χ3v) is 3.35. The molecule has 1 aliphatic rings. The molecule has 0 saturated carbocycles. The average Bonchev–Trinajstić information content (AvgIpc) is 2.38. The molecule has 2 rings (SSSR count). The highest BCUT2D eigenvalue weighted by molar-refractivity contribution is 5.81. The molecule has 2 N–H and O–H groups in total. The zero-order chi connectivity index (χ0) is 13.1. The highest BCUT2D eigenvalue weighted by atomic mass is 16.2. The van der Waals surface area contributed by atoms with E-state index in [0.29, 0.717) is 0 Å². The minimum absolute atomic E-state index is 0.0545.